The molecular weight excluding hydrogens is 564 g/mol. The number of hydrogen-bond acceptors (Lipinski definition) is 10. The van der Waals surface area contributed by atoms with Crippen molar-refractivity contribution in [2.24, 2.45) is 0 Å². The standard InChI is InChI=1S/C33H30N4O7/c1-14-9-16-10-20-22(12-34)37-21(26(35(20)3)24(16)30(41)31(14)44-4)11-19-25(29(40)28(39)15(2)27(19)38)23(37)13-36-32(42)17-7-5-6-8-18(17)33(36)43/h5-9,20-23,26,38,41H,10-11,13H2,1-4H3/t20-,21-,22-,23-,26+/m0/s1. The van der Waals surface area contributed by atoms with Crippen LogP contribution in [-0.2, 0) is 16.0 Å². The number of carbonyl (C=O) groups is 4. The maximum atomic E-state index is 13.7. The SMILES string of the molecule is COc1c(C)cc2c(c1O)[C@H]1[C@@H]3CC4=C(C(=O)C(=O)C(C)=C4O)[C@H](CN4C(=O)c5ccccc5C4=O)N3[C@@H](C#N)[C@H](C2)N1C. The fourth-order valence-electron chi connectivity index (χ4n) is 8.13. The topological polar surface area (TPSA) is 151 Å². The Hall–Kier alpha value is -4.79. The summed E-state index contributed by atoms with van der Waals surface area (Å²) in [5, 5.41) is 33.5. The van der Waals surface area contributed by atoms with E-state index >= 15 is 0 Å². The summed E-state index contributed by atoms with van der Waals surface area (Å²) in [5.74, 6) is -2.75. The highest BCUT2D eigenvalue weighted by Crippen LogP contribution is 2.54. The molecule has 2 aromatic rings. The van der Waals surface area contributed by atoms with E-state index in [4.69, 9.17) is 4.74 Å². The summed E-state index contributed by atoms with van der Waals surface area (Å²) in [6, 6.07) is 7.46. The van der Waals surface area contributed by atoms with Crippen molar-refractivity contribution in [3.63, 3.8) is 0 Å². The number of Topliss-reactive ketones (excluding diaryl/α,β-unsaturated/α-hetero) is 2. The Balaban J connectivity index is 1.44. The number of rotatable bonds is 3. The van der Waals surface area contributed by atoms with Gasteiger partial charge in [-0.3, -0.25) is 33.9 Å². The number of aromatic hydroxyl groups is 1. The zero-order valence-corrected chi connectivity index (χ0v) is 24.6. The molecule has 4 heterocycles. The van der Waals surface area contributed by atoms with E-state index in [0.717, 1.165) is 16.0 Å². The Morgan fingerprint density at radius 3 is 2.27 bits per heavy atom. The van der Waals surface area contributed by atoms with Gasteiger partial charge in [-0.05, 0) is 57.0 Å². The molecule has 44 heavy (non-hydrogen) atoms. The van der Waals surface area contributed by atoms with Gasteiger partial charge in [0.2, 0.25) is 11.6 Å². The molecule has 1 fully saturated rings. The normalized spacial score (nSPS) is 28.1. The number of imide groups is 1. The number of phenols is 1. The number of fused-ring (bicyclic) bond motifs is 7. The van der Waals surface area contributed by atoms with Crippen LogP contribution in [0.3, 0.4) is 0 Å². The number of likely N-dealkylation sites (N-methyl/N-ethyl adjacent to an activating group) is 1. The van der Waals surface area contributed by atoms with E-state index in [9.17, 15) is 34.7 Å². The van der Waals surface area contributed by atoms with Crippen LogP contribution in [0.1, 0.15) is 56.8 Å². The summed E-state index contributed by atoms with van der Waals surface area (Å²) in [6.45, 7) is 2.93. The average molecular weight is 595 g/mol. The van der Waals surface area contributed by atoms with Crippen LogP contribution in [0.2, 0.25) is 0 Å². The van der Waals surface area contributed by atoms with Crippen molar-refractivity contribution in [3.05, 3.63) is 80.6 Å². The van der Waals surface area contributed by atoms with Gasteiger partial charge in [0.1, 0.15) is 11.8 Å². The monoisotopic (exact) mass is 594 g/mol. The third kappa shape index (κ3) is 3.49. The highest BCUT2D eigenvalue weighted by atomic mass is 16.5. The molecule has 4 aliphatic heterocycles. The Kier molecular flexibility index (Phi) is 6.12. The van der Waals surface area contributed by atoms with Crippen LogP contribution in [0, 0.1) is 18.3 Å². The van der Waals surface area contributed by atoms with E-state index in [2.05, 4.69) is 6.07 Å². The molecule has 7 rings (SSSR count). The number of carbonyl (C=O) groups excluding carboxylic acids is 4. The lowest BCUT2D eigenvalue weighted by atomic mass is 9.70. The second-order valence-electron chi connectivity index (χ2n) is 12.1. The van der Waals surface area contributed by atoms with Gasteiger partial charge in [-0.15, -0.1) is 0 Å². The quantitative estimate of drug-likeness (QED) is 0.308. The number of ketones is 2. The van der Waals surface area contributed by atoms with Crippen LogP contribution in [0.5, 0.6) is 11.5 Å². The lowest BCUT2D eigenvalue weighted by molar-refractivity contribution is -0.134. The van der Waals surface area contributed by atoms with Gasteiger partial charge >= 0.3 is 0 Å². The molecule has 224 valence electrons. The van der Waals surface area contributed by atoms with E-state index in [0.29, 0.717) is 17.7 Å². The third-order valence-electron chi connectivity index (χ3n) is 10.1. The Morgan fingerprint density at radius 2 is 1.66 bits per heavy atom. The van der Waals surface area contributed by atoms with Crippen LogP contribution in [0.15, 0.2) is 52.8 Å². The van der Waals surface area contributed by atoms with Crippen LogP contribution in [-0.4, -0.2) is 93.2 Å². The van der Waals surface area contributed by atoms with Crippen molar-refractivity contribution >= 4 is 23.4 Å². The lowest BCUT2D eigenvalue weighted by Gasteiger charge is -2.60. The Bertz CT molecular complexity index is 1800. The van der Waals surface area contributed by atoms with Crippen LogP contribution in [0.25, 0.3) is 0 Å². The number of methoxy groups -OCH3 is 1. The number of aliphatic hydroxyl groups is 1. The molecule has 0 saturated carbocycles. The van der Waals surface area contributed by atoms with Crippen molar-refractivity contribution in [1.29, 1.82) is 5.26 Å². The Morgan fingerprint density at radius 1 is 1.00 bits per heavy atom. The molecule has 5 atom stereocenters. The predicted molar refractivity (Wildman–Crippen MR) is 155 cm³/mol. The van der Waals surface area contributed by atoms with Crippen molar-refractivity contribution in [2.75, 3.05) is 20.7 Å². The molecule has 2 aromatic carbocycles. The number of phenolic OH excluding ortho intramolecular Hbond substituents is 1. The minimum absolute atomic E-state index is 0.000264. The van der Waals surface area contributed by atoms with Gasteiger partial charge in [-0.25, -0.2) is 0 Å². The van der Waals surface area contributed by atoms with E-state index < -0.39 is 47.5 Å². The predicted octanol–water partition coefficient (Wildman–Crippen LogP) is 2.53. The summed E-state index contributed by atoms with van der Waals surface area (Å²) in [5.41, 5.74) is 2.89. The van der Waals surface area contributed by atoms with Gasteiger partial charge in [0.25, 0.3) is 11.8 Å². The zero-order chi connectivity index (χ0) is 31.4. The van der Waals surface area contributed by atoms with Gasteiger partial charge in [-0.1, -0.05) is 18.2 Å². The number of aliphatic hydroxyl groups excluding tert-OH is 1. The maximum absolute atomic E-state index is 13.7. The highest BCUT2D eigenvalue weighted by Gasteiger charge is 2.58. The number of nitrogens with zero attached hydrogens (tertiary/aromatic N) is 4. The number of allylic oxidation sites excluding steroid dienone is 2. The number of nitriles is 1. The first kappa shape index (κ1) is 28.0. The molecule has 0 spiro atoms. The number of benzene rings is 2. The fraction of sp³-hybridized carbons (Fsp3) is 0.364. The largest absolute Gasteiger partial charge is 0.507 e. The first-order valence-electron chi connectivity index (χ1n) is 14.5. The minimum Gasteiger partial charge on any atom is -0.507 e. The third-order valence-corrected chi connectivity index (χ3v) is 10.1. The first-order valence-corrected chi connectivity index (χ1v) is 14.5. The number of ether oxygens (including phenoxy) is 1. The maximum Gasteiger partial charge on any atom is 0.261 e. The van der Waals surface area contributed by atoms with E-state index in [1.54, 1.807) is 24.3 Å². The second-order valence-corrected chi connectivity index (χ2v) is 12.1. The van der Waals surface area contributed by atoms with E-state index in [1.165, 1.54) is 14.0 Å². The van der Waals surface area contributed by atoms with Gasteiger partial charge in [0.05, 0.1) is 36.4 Å². The average Bonchev–Trinajstić information content (AvgIpc) is 3.24. The van der Waals surface area contributed by atoms with Crippen LogP contribution >= 0.6 is 0 Å². The first-order chi connectivity index (χ1) is 21.0. The second kappa shape index (κ2) is 9.61. The molecule has 11 heteroatoms. The van der Waals surface area contributed by atoms with Crippen molar-refractivity contribution in [1.82, 2.24) is 14.7 Å². The summed E-state index contributed by atoms with van der Waals surface area (Å²) in [6.07, 6.45) is 0.496. The molecule has 0 unspecified atom stereocenters. The molecule has 11 nitrogen and oxygen atoms in total. The summed E-state index contributed by atoms with van der Waals surface area (Å²) >= 11 is 0. The molecule has 0 aromatic heterocycles. The number of piperazine rings is 1. The summed E-state index contributed by atoms with van der Waals surface area (Å²) < 4.78 is 5.55. The van der Waals surface area contributed by atoms with Crippen LogP contribution in [0.4, 0.5) is 0 Å². The van der Waals surface area contributed by atoms with Gasteiger partial charge in [0, 0.05) is 40.9 Å². The summed E-state index contributed by atoms with van der Waals surface area (Å²) in [7, 11) is 3.36. The molecule has 2 N–H and O–H groups in total. The van der Waals surface area contributed by atoms with E-state index in [-0.39, 0.29) is 58.4 Å². The van der Waals surface area contributed by atoms with Crippen LogP contribution < -0.4 is 4.74 Å². The molecule has 0 radical (unpaired) electrons. The molecular formula is C33H30N4O7. The van der Waals surface area contributed by atoms with Gasteiger partial charge in [0.15, 0.2) is 11.5 Å². The molecule has 2 bridgehead atoms. The molecule has 1 saturated heterocycles. The summed E-state index contributed by atoms with van der Waals surface area (Å²) in [4.78, 5) is 58.7. The molecule has 5 aliphatic rings. The smallest absolute Gasteiger partial charge is 0.261 e. The fourth-order valence-corrected chi connectivity index (χ4v) is 8.13. The Labute approximate surface area is 253 Å². The number of amides is 2. The number of aryl methyl sites for hydroxylation is 1. The van der Waals surface area contributed by atoms with Gasteiger partial charge < -0.3 is 14.9 Å². The highest BCUT2D eigenvalue weighted by molar-refractivity contribution is 6.50. The lowest BCUT2D eigenvalue weighted by Crippen LogP contribution is -2.71. The van der Waals surface area contributed by atoms with Crippen molar-refractivity contribution in [3.8, 4) is 17.6 Å². The van der Waals surface area contributed by atoms with Crippen molar-refractivity contribution < 1.29 is 34.1 Å². The zero-order valence-electron chi connectivity index (χ0n) is 24.6. The number of hydrogen-bond donors (Lipinski definition) is 2. The molecule has 1 aliphatic carbocycles. The van der Waals surface area contributed by atoms with Crippen molar-refractivity contribution in [2.45, 2.75) is 56.9 Å². The molecule has 2 amide bonds. The van der Waals surface area contributed by atoms with Gasteiger partial charge in [-0.2, -0.15) is 5.26 Å². The van der Waals surface area contributed by atoms with E-state index in [1.807, 2.05) is 29.8 Å². The minimum atomic E-state index is -1.06.